The number of ether oxygens (including phenoxy) is 4. The Bertz CT molecular complexity index is 1880. The van der Waals surface area contributed by atoms with Crippen LogP contribution in [0.3, 0.4) is 0 Å². The van der Waals surface area contributed by atoms with Crippen molar-refractivity contribution in [2.45, 2.75) is 408 Å². The molecule has 3 N–H and O–H groups in total. The van der Waals surface area contributed by atoms with Gasteiger partial charge in [0.15, 0.2) is 12.2 Å². The molecule has 0 radical (unpaired) electrons. The SMILES string of the molecule is CC(C)CCCCCCCCCCCCCCCCCCC(=O)OC[C@H](COP(=O)(O)OC[C@@H](O)COP(=O)(O)OC[C@@H](COC(=O)CCCCCCCCC(C)C)OC(=O)CCCCCCCCC(C)C)OC(=O)CCCCCCCCCCCCCCCCCCC(C)C. The maximum absolute atomic E-state index is 13.1. The van der Waals surface area contributed by atoms with Crippen LogP contribution in [0.2, 0.25) is 0 Å². The summed E-state index contributed by atoms with van der Waals surface area (Å²) in [6, 6.07) is 0. The van der Waals surface area contributed by atoms with E-state index in [1.165, 1.54) is 186 Å². The van der Waals surface area contributed by atoms with E-state index in [1.54, 1.807) is 0 Å². The summed E-state index contributed by atoms with van der Waals surface area (Å²) >= 11 is 0. The summed E-state index contributed by atoms with van der Waals surface area (Å²) in [5.41, 5.74) is 0. The van der Waals surface area contributed by atoms with Gasteiger partial charge in [-0.15, -0.1) is 0 Å². The first kappa shape index (κ1) is 94.1. The number of hydrogen-bond acceptors (Lipinski definition) is 15. The first-order valence-electron chi connectivity index (χ1n) is 39.7. The van der Waals surface area contributed by atoms with Crippen LogP contribution < -0.4 is 0 Å². The van der Waals surface area contributed by atoms with Crippen LogP contribution in [0.4, 0.5) is 0 Å². The zero-order chi connectivity index (χ0) is 71.0. The molecule has 0 saturated carbocycles. The summed E-state index contributed by atoms with van der Waals surface area (Å²) < 4.78 is 68.4. The van der Waals surface area contributed by atoms with E-state index >= 15 is 0 Å². The second kappa shape index (κ2) is 66.3. The number of aliphatic hydroxyl groups is 1. The first-order chi connectivity index (χ1) is 46.1. The molecular formula is C77H150O17P2. The number of carbonyl (C=O) groups is 4. The molecule has 570 valence electrons. The molecular weight excluding hydrogens is 1260 g/mol. The molecule has 0 aliphatic heterocycles. The summed E-state index contributed by atoms with van der Waals surface area (Å²) in [4.78, 5) is 72.7. The molecule has 0 saturated heterocycles. The molecule has 0 aliphatic rings. The number of phosphoric ester groups is 2. The number of rotatable bonds is 74. The Balaban J connectivity index is 5.18. The van der Waals surface area contributed by atoms with Crippen LogP contribution in [-0.4, -0.2) is 96.7 Å². The molecule has 0 fully saturated rings. The molecule has 0 amide bonds. The summed E-state index contributed by atoms with van der Waals surface area (Å²) in [7, 11) is -9.91. The van der Waals surface area contributed by atoms with E-state index in [4.69, 9.17) is 37.0 Å². The van der Waals surface area contributed by atoms with Gasteiger partial charge >= 0.3 is 39.5 Å². The normalized spacial score (nSPS) is 14.1. The minimum absolute atomic E-state index is 0.101. The molecule has 96 heavy (non-hydrogen) atoms. The molecule has 0 aliphatic carbocycles. The Morgan fingerprint density at radius 3 is 0.646 bits per heavy atom. The van der Waals surface area contributed by atoms with E-state index in [0.717, 1.165) is 108 Å². The molecule has 0 aromatic carbocycles. The number of hydrogen-bond donors (Lipinski definition) is 3. The molecule has 0 spiro atoms. The van der Waals surface area contributed by atoms with Crippen LogP contribution in [0.15, 0.2) is 0 Å². The van der Waals surface area contributed by atoms with E-state index in [9.17, 15) is 43.2 Å². The molecule has 5 atom stereocenters. The summed E-state index contributed by atoms with van der Waals surface area (Å²) in [5.74, 6) is 0.844. The summed E-state index contributed by atoms with van der Waals surface area (Å²) in [6.07, 6.45) is 51.9. The third-order valence-electron chi connectivity index (χ3n) is 17.8. The Labute approximate surface area is 588 Å². The zero-order valence-electron chi connectivity index (χ0n) is 63.0. The lowest BCUT2D eigenvalue weighted by Gasteiger charge is -2.21. The molecule has 17 nitrogen and oxygen atoms in total. The Kier molecular flexibility index (Phi) is 65.0. The van der Waals surface area contributed by atoms with Crippen molar-refractivity contribution in [2.75, 3.05) is 39.6 Å². The van der Waals surface area contributed by atoms with E-state index in [1.807, 2.05) is 0 Å². The average Bonchev–Trinajstić information content (AvgIpc) is 1.04. The number of esters is 4. The third-order valence-corrected chi connectivity index (χ3v) is 19.7. The monoisotopic (exact) mass is 1410 g/mol. The molecule has 19 heteroatoms. The second-order valence-corrected chi connectivity index (χ2v) is 32.6. The average molecular weight is 1410 g/mol. The second-order valence-electron chi connectivity index (χ2n) is 29.7. The van der Waals surface area contributed by atoms with Crippen molar-refractivity contribution in [2.24, 2.45) is 23.7 Å². The molecule has 0 aromatic rings. The smallest absolute Gasteiger partial charge is 0.462 e. The van der Waals surface area contributed by atoms with Gasteiger partial charge in [0.05, 0.1) is 26.4 Å². The predicted octanol–water partition coefficient (Wildman–Crippen LogP) is 22.4. The van der Waals surface area contributed by atoms with Crippen molar-refractivity contribution in [1.29, 1.82) is 0 Å². The van der Waals surface area contributed by atoms with Gasteiger partial charge in [-0.3, -0.25) is 37.3 Å². The van der Waals surface area contributed by atoms with Crippen LogP contribution >= 0.6 is 15.6 Å². The Morgan fingerprint density at radius 1 is 0.260 bits per heavy atom. The van der Waals surface area contributed by atoms with Crippen molar-refractivity contribution >= 4 is 39.5 Å². The fourth-order valence-electron chi connectivity index (χ4n) is 11.7. The fraction of sp³-hybridized carbons (Fsp3) is 0.948. The van der Waals surface area contributed by atoms with Gasteiger partial charge in [-0.25, -0.2) is 9.13 Å². The van der Waals surface area contributed by atoms with E-state index in [2.05, 4.69) is 55.4 Å². The largest absolute Gasteiger partial charge is 0.472 e. The lowest BCUT2D eigenvalue weighted by atomic mass is 10.0. The van der Waals surface area contributed by atoms with Gasteiger partial charge in [-0.2, -0.15) is 0 Å². The first-order valence-corrected chi connectivity index (χ1v) is 42.7. The topological polar surface area (TPSA) is 237 Å². The summed E-state index contributed by atoms with van der Waals surface area (Å²) in [6.45, 7) is 14.1. The van der Waals surface area contributed by atoms with Crippen LogP contribution in [0.5, 0.6) is 0 Å². The predicted molar refractivity (Wildman–Crippen MR) is 391 cm³/mol. The van der Waals surface area contributed by atoms with Crippen LogP contribution in [-0.2, 0) is 65.4 Å². The highest BCUT2D eigenvalue weighted by Crippen LogP contribution is 2.45. The highest BCUT2D eigenvalue weighted by atomic mass is 31.2. The van der Waals surface area contributed by atoms with E-state index < -0.39 is 97.5 Å². The van der Waals surface area contributed by atoms with Gasteiger partial charge in [0.2, 0.25) is 0 Å². The van der Waals surface area contributed by atoms with Gasteiger partial charge in [-0.1, -0.05) is 338 Å². The van der Waals surface area contributed by atoms with Crippen LogP contribution in [0, 0.1) is 23.7 Å². The van der Waals surface area contributed by atoms with Gasteiger partial charge in [0.25, 0.3) is 0 Å². The van der Waals surface area contributed by atoms with Gasteiger partial charge < -0.3 is 33.8 Å². The number of carbonyl (C=O) groups excluding carboxylic acids is 4. The van der Waals surface area contributed by atoms with Crippen molar-refractivity contribution in [1.82, 2.24) is 0 Å². The molecule has 0 heterocycles. The Morgan fingerprint density at radius 2 is 0.438 bits per heavy atom. The number of aliphatic hydroxyl groups excluding tert-OH is 1. The lowest BCUT2D eigenvalue weighted by molar-refractivity contribution is -0.161. The van der Waals surface area contributed by atoms with Crippen molar-refractivity contribution in [3.8, 4) is 0 Å². The van der Waals surface area contributed by atoms with E-state index in [-0.39, 0.29) is 25.7 Å². The highest BCUT2D eigenvalue weighted by Gasteiger charge is 2.30. The van der Waals surface area contributed by atoms with Crippen LogP contribution in [0.25, 0.3) is 0 Å². The quantitative estimate of drug-likeness (QED) is 0.0222. The minimum Gasteiger partial charge on any atom is -0.462 e. The molecule has 2 unspecified atom stereocenters. The van der Waals surface area contributed by atoms with Crippen molar-refractivity contribution in [3.63, 3.8) is 0 Å². The molecule has 0 bridgehead atoms. The van der Waals surface area contributed by atoms with Gasteiger partial charge in [0.1, 0.15) is 19.3 Å². The van der Waals surface area contributed by atoms with Gasteiger partial charge in [0, 0.05) is 25.7 Å². The zero-order valence-corrected chi connectivity index (χ0v) is 64.8. The maximum atomic E-state index is 13.1. The Hall–Kier alpha value is -1.94. The van der Waals surface area contributed by atoms with E-state index in [0.29, 0.717) is 37.5 Å². The molecule has 0 rings (SSSR count). The number of unbranched alkanes of at least 4 members (excludes halogenated alkanes) is 40. The fourth-order valence-corrected chi connectivity index (χ4v) is 13.3. The molecule has 0 aromatic heterocycles. The minimum atomic E-state index is -4.96. The highest BCUT2D eigenvalue weighted by molar-refractivity contribution is 7.47. The van der Waals surface area contributed by atoms with Crippen LogP contribution in [0.1, 0.15) is 389 Å². The standard InChI is InChI=1S/C77H150O17P2/c1-67(2)53-45-37-29-25-21-17-13-9-11-15-19-23-27-31-41-49-57-74(79)87-63-72(93-76(81)59-51-43-32-28-24-20-16-12-10-14-18-22-26-30-38-46-54-68(3)4)65-91-95(83,84)89-61-71(78)62-90-96(85,86)92-66-73(94-77(82)60-52-44-36-34-40-48-56-70(7)8)64-88-75(80)58-50-42-35-33-39-47-55-69(5)6/h67-73,78H,9-66H2,1-8H3,(H,83,84)(H,85,86)/t71-,72-,73-/m1/s1. The van der Waals surface area contributed by atoms with Crippen molar-refractivity contribution < 1.29 is 80.2 Å². The van der Waals surface area contributed by atoms with Crippen molar-refractivity contribution in [3.05, 3.63) is 0 Å². The maximum Gasteiger partial charge on any atom is 0.472 e. The van der Waals surface area contributed by atoms with Gasteiger partial charge in [-0.05, 0) is 49.4 Å². The summed E-state index contributed by atoms with van der Waals surface area (Å²) in [5, 5.41) is 10.6. The third kappa shape index (κ3) is 70.5. The lowest BCUT2D eigenvalue weighted by Crippen LogP contribution is -2.30. The number of phosphoric acid groups is 2.